The van der Waals surface area contributed by atoms with Gasteiger partial charge in [-0.15, -0.1) is 0 Å². The third-order valence-corrected chi connectivity index (χ3v) is 2.25. The Hall–Kier alpha value is -1.52. The summed E-state index contributed by atoms with van der Waals surface area (Å²) < 4.78 is 37.8. The molecule has 0 bridgehead atoms. The largest absolute Gasteiger partial charge is 0.478 e. The van der Waals surface area contributed by atoms with Gasteiger partial charge in [0.2, 0.25) is 0 Å². The fourth-order valence-corrected chi connectivity index (χ4v) is 1.36. The Morgan fingerprint density at radius 2 is 1.80 bits per heavy atom. The topological polar surface area (TPSA) is 37.3 Å². The Balaban J connectivity index is 3.57. The molecule has 0 saturated heterocycles. The molecule has 0 spiro atoms. The summed E-state index contributed by atoms with van der Waals surface area (Å²) in [5.74, 6) is -1.56. The van der Waals surface area contributed by atoms with E-state index in [4.69, 9.17) is 5.11 Å². The second kappa shape index (κ2) is 3.56. The van der Waals surface area contributed by atoms with Crippen LogP contribution in [0.25, 0.3) is 0 Å². The Bertz CT molecular complexity index is 408. The van der Waals surface area contributed by atoms with Crippen LogP contribution < -0.4 is 0 Å². The molecule has 0 amide bonds. The van der Waals surface area contributed by atoms with Gasteiger partial charge in [-0.3, -0.25) is 0 Å². The molecule has 15 heavy (non-hydrogen) atoms. The van der Waals surface area contributed by atoms with Crippen LogP contribution in [-0.4, -0.2) is 11.1 Å². The highest BCUT2D eigenvalue weighted by Crippen LogP contribution is 2.35. The van der Waals surface area contributed by atoms with Gasteiger partial charge in [0.15, 0.2) is 0 Å². The smallest absolute Gasteiger partial charge is 0.417 e. The van der Waals surface area contributed by atoms with E-state index in [1.807, 2.05) is 0 Å². The third-order valence-electron chi connectivity index (χ3n) is 2.25. The summed E-state index contributed by atoms with van der Waals surface area (Å²) in [6.45, 7) is 2.78. The second-order valence-electron chi connectivity index (χ2n) is 3.23. The lowest BCUT2D eigenvalue weighted by Crippen LogP contribution is -2.15. The lowest BCUT2D eigenvalue weighted by atomic mass is 9.97. The molecule has 0 aliphatic carbocycles. The van der Waals surface area contributed by atoms with Crippen molar-refractivity contribution in [3.63, 3.8) is 0 Å². The van der Waals surface area contributed by atoms with E-state index in [2.05, 4.69) is 0 Å². The summed E-state index contributed by atoms with van der Waals surface area (Å²) in [4.78, 5) is 10.6. The molecule has 0 atom stereocenters. The maximum Gasteiger partial charge on any atom is 0.417 e. The van der Waals surface area contributed by atoms with Crippen molar-refractivity contribution in [2.45, 2.75) is 20.0 Å². The van der Waals surface area contributed by atoms with Crippen molar-refractivity contribution in [1.82, 2.24) is 0 Å². The van der Waals surface area contributed by atoms with Gasteiger partial charge in [0.05, 0.1) is 11.1 Å². The Labute approximate surface area is 84.3 Å². The summed E-state index contributed by atoms with van der Waals surface area (Å²) in [7, 11) is 0. The molecule has 0 heterocycles. The lowest BCUT2D eigenvalue weighted by Gasteiger charge is -2.14. The van der Waals surface area contributed by atoms with Crippen molar-refractivity contribution in [2.24, 2.45) is 0 Å². The summed E-state index contributed by atoms with van der Waals surface area (Å²) in [6, 6.07) is 2.35. The number of hydrogen-bond acceptors (Lipinski definition) is 1. The molecule has 1 aromatic carbocycles. The molecule has 0 aliphatic rings. The SMILES string of the molecule is Cc1ccc(C(=O)O)c(C(F)(F)F)c1C. The summed E-state index contributed by atoms with van der Waals surface area (Å²) >= 11 is 0. The number of aromatic carboxylic acids is 1. The van der Waals surface area contributed by atoms with Crippen molar-refractivity contribution in [3.8, 4) is 0 Å². The van der Waals surface area contributed by atoms with Crippen LogP contribution in [0.3, 0.4) is 0 Å². The van der Waals surface area contributed by atoms with Crippen molar-refractivity contribution in [3.05, 3.63) is 34.4 Å². The molecule has 0 aromatic heterocycles. The first-order valence-electron chi connectivity index (χ1n) is 4.16. The van der Waals surface area contributed by atoms with E-state index >= 15 is 0 Å². The monoisotopic (exact) mass is 218 g/mol. The average molecular weight is 218 g/mol. The molecule has 5 heteroatoms. The number of carboxylic acids is 1. The minimum Gasteiger partial charge on any atom is -0.478 e. The van der Waals surface area contributed by atoms with Crippen LogP contribution in [0, 0.1) is 13.8 Å². The molecule has 0 unspecified atom stereocenters. The number of benzene rings is 1. The summed E-state index contributed by atoms with van der Waals surface area (Å²) in [6.07, 6.45) is -4.64. The lowest BCUT2D eigenvalue weighted by molar-refractivity contribution is -0.138. The molecule has 1 rings (SSSR count). The van der Waals surface area contributed by atoms with Crippen molar-refractivity contribution in [2.75, 3.05) is 0 Å². The molecule has 0 saturated carbocycles. The normalized spacial score (nSPS) is 11.5. The number of aryl methyl sites for hydroxylation is 1. The predicted octanol–water partition coefficient (Wildman–Crippen LogP) is 3.02. The van der Waals surface area contributed by atoms with Gasteiger partial charge in [-0.2, -0.15) is 13.2 Å². The zero-order valence-corrected chi connectivity index (χ0v) is 8.14. The third kappa shape index (κ3) is 2.11. The zero-order chi connectivity index (χ0) is 11.8. The van der Waals surface area contributed by atoms with Gasteiger partial charge in [0, 0.05) is 0 Å². The Morgan fingerprint density at radius 1 is 1.27 bits per heavy atom. The van der Waals surface area contributed by atoms with Gasteiger partial charge in [-0.05, 0) is 31.0 Å². The van der Waals surface area contributed by atoms with Crippen LogP contribution in [0.15, 0.2) is 12.1 Å². The summed E-state index contributed by atoms with van der Waals surface area (Å²) in [5.41, 5.74) is -1.38. The standard InChI is InChI=1S/C10H9F3O2/c1-5-3-4-7(9(14)15)8(6(5)2)10(11,12)13/h3-4H,1-2H3,(H,14,15). The Morgan fingerprint density at radius 3 is 2.20 bits per heavy atom. The first kappa shape index (κ1) is 11.6. The highest BCUT2D eigenvalue weighted by Gasteiger charge is 2.37. The maximum atomic E-state index is 12.6. The molecule has 82 valence electrons. The molecular weight excluding hydrogens is 209 g/mol. The fourth-order valence-electron chi connectivity index (χ4n) is 1.36. The summed E-state index contributed by atoms with van der Waals surface area (Å²) in [5, 5.41) is 8.64. The van der Waals surface area contributed by atoms with E-state index in [1.165, 1.54) is 19.9 Å². The van der Waals surface area contributed by atoms with E-state index in [9.17, 15) is 18.0 Å². The minimum atomic E-state index is -4.64. The van der Waals surface area contributed by atoms with E-state index in [-0.39, 0.29) is 5.56 Å². The number of carbonyl (C=O) groups is 1. The second-order valence-corrected chi connectivity index (χ2v) is 3.23. The van der Waals surface area contributed by atoms with Crippen LogP contribution in [0.2, 0.25) is 0 Å². The van der Waals surface area contributed by atoms with Gasteiger partial charge in [0.1, 0.15) is 0 Å². The van der Waals surface area contributed by atoms with Crippen LogP contribution in [0.5, 0.6) is 0 Å². The van der Waals surface area contributed by atoms with Crippen LogP contribution >= 0.6 is 0 Å². The molecule has 0 radical (unpaired) electrons. The van der Waals surface area contributed by atoms with Crippen molar-refractivity contribution in [1.29, 1.82) is 0 Å². The molecule has 1 aromatic rings. The van der Waals surface area contributed by atoms with Crippen LogP contribution in [-0.2, 0) is 6.18 Å². The number of alkyl halides is 3. The fraction of sp³-hybridized carbons (Fsp3) is 0.300. The van der Waals surface area contributed by atoms with Gasteiger partial charge in [-0.1, -0.05) is 6.07 Å². The average Bonchev–Trinajstić information content (AvgIpc) is 2.06. The maximum absolute atomic E-state index is 12.6. The van der Waals surface area contributed by atoms with E-state index < -0.39 is 23.3 Å². The highest BCUT2D eigenvalue weighted by molar-refractivity contribution is 5.90. The molecule has 0 aliphatic heterocycles. The predicted molar refractivity (Wildman–Crippen MR) is 47.9 cm³/mol. The zero-order valence-electron chi connectivity index (χ0n) is 8.14. The Kier molecular flexibility index (Phi) is 2.75. The highest BCUT2D eigenvalue weighted by atomic mass is 19.4. The van der Waals surface area contributed by atoms with Gasteiger partial charge >= 0.3 is 12.1 Å². The number of hydrogen-bond donors (Lipinski definition) is 1. The van der Waals surface area contributed by atoms with Crippen molar-refractivity contribution >= 4 is 5.97 Å². The minimum absolute atomic E-state index is 0.0394. The molecule has 0 fully saturated rings. The van der Waals surface area contributed by atoms with E-state index in [0.29, 0.717) is 5.56 Å². The molecular formula is C10H9F3O2. The number of halogens is 3. The van der Waals surface area contributed by atoms with E-state index in [0.717, 1.165) is 6.07 Å². The van der Waals surface area contributed by atoms with Crippen LogP contribution in [0.1, 0.15) is 27.0 Å². The van der Waals surface area contributed by atoms with Crippen molar-refractivity contribution < 1.29 is 23.1 Å². The molecule has 2 nitrogen and oxygen atoms in total. The quantitative estimate of drug-likeness (QED) is 0.786. The first-order valence-corrected chi connectivity index (χ1v) is 4.16. The first-order chi connectivity index (χ1) is 6.75. The van der Waals surface area contributed by atoms with Gasteiger partial charge in [0.25, 0.3) is 0 Å². The van der Waals surface area contributed by atoms with Crippen LogP contribution in [0.4, 0.5) is 13.2 Å². The molecule has 1 N–H and O–H groups in total. The van der Waals surface area contributed by atoms with Gasteiger partial charge in [-0.25, -0.2) is 4.79 Å². The van der Waals surface area contributed by atoms with Gasteiger partial charge < -0.3 is 5.11 Å². The van der Waals surface area contributed by atoms with E-state index in [1.54, 1.807) is 0 Å². The number of rotatable bonds is 1. The number of carboxylic acid groups (broad SMARTS) is 1.